The van der Waals surface area contributed by atoms with Crippen molar-refractivity contribution in [2.45, 2.75) is 25.9 Å². The average Bonchev–Trinajstić information content (AvgIpc) is 3.06. The molecule has 27 heavy (non-hydrogen) atoms. The van der Waals surface area contributed by atoms with E-state index >= 15 is 0 Å². The van der Waals surface area contributed by atoms with Crippen molar-refractivity contribution >= 4 is 11.6 Å². The van der Waals surface area contributed by atoms with E-state index in [2.05, 4.69) is 10.4 Å². The fourth-order valence-corrected chi connectivity index (χ4v) is 2.86. The number of nitrogens with one attached hydrogen (secondary N) is 1. The van der Waals surface area contributed by atoms with Crippen LogP contribution in [-0.4, -0.2) is 15.7 Å². The number of halogens is 3. The number of nitrogens with zero attached hydrogens (tertiary/aromatic N) is 2. The number of amides is 1. The smallest absolute Gasteiger partial charge is 0.321 e. The van der Waals surface area contributed by atoms with E-state index in [1.54, 1.807) is 4.68 Å². The van der Waals surface area contributed by atoms with E-state index in [-0.39, 0.29) is 11.3 Å². The van der Waals surface area contributed by atoms with Gasteiger partial charge in [-0.05, 0) is 30.7 Å². The standard InChI is InChI=1S/C20H18F3N3O/c1-2-8-18-15(13-24-26(18)14-9-4-3-5-10-14)19(27)25-17-12-7-6-11-16(17)20(21,22)23/h3-7,9-13H,2,8H2,1H3,(H,25,27). The molecular weight excluding hydrogens is 355 g/mol. The first-order chi connectivity index (χ1) is 12.9. The minimum Gasteiger partial charge on any atom is -0.321 e. The molecule has 0 aliphatic rings. The highest BCUT2D eigenvalue weighted by atomic mass is 19.4. The Bertz CT molecular complexity index is 933. The molecule has 0 saturated heterocycles. The lowest BCUT2D eigenvalue weighted by Gasteiger charge is -2.14. The van der Waals surface area contributed by atoms with Crippen LogP contribution in [-0.2, 0) is 12.6 Å². The number of rotatable bonds is 5. The van der Waals surface area contributed by atoms with E-state index in [1.165, 1.54) is 24.4 Å². The van der Waals surface area contributed by atoms with Crippen molar-refractivity contribution in [2.24, 2.45) is 0 Å². The minimum atomic E-state index is -4.55. The summed E-state index contributed by atoms with van der Waals surface area (Å²) in [6, 6.07) is 14.2. The molecule has 0 radical (unpaired) electrons. The lowest BCUT2D eigenvalue weighted by atomic mass is 10.1. The fraction of sp³-hybridized carbons (Fsp3) is 0.200. The zero-order valence-electron chi connectivity index (χ0n) is 14.6. The first kappa shape index (κ1) is 18.7. The Labute approximate surface area is 154 Å². The number of carbonyl (C=O) groups excluding carboxylic acids is 1. The van der Waals surface area contributed by atoms with Gasteiger partial charge in [0.2, 0.25) is 0 Å². The quantitative estimate of drug-likeness (QED) is 0.677. The summed E-state index contributed by atoms with van der Waals surface area (Å²) in [5, 5.41) is 6.66. The predicted octanol–water partition coefficient (Wildman–Crippen LogP) is 5.10. The highest BCUT2D eigenvalue weighted by molar-refractivity contribution is 6.05. The number of aromatic nitrogens is 2. The summed E-state index contributed by atoms with van der Waals surface area (Å²) in [4.78, 5) is 12.7. The Morgan fingerprint density at radius 3 is 2.41 bits per heavy atom. The summed E-state index contributed by atoms with van der Waals surface area (Å²) in [6.07, 6.45) is -1.83. The van der Waals surface area contributed by atoms with Crippen LogP contribution in [0.3, 0.4) is 0 Å². The first-order valence-corrected chi connectivity index (χ1v) is 8.51. The number of hydrogen-bond acceptors (Lipinski definition) is 2. The lowest BCUT2D eigenvalue weighted by molar-refractivity contribution is -0.136. The van der Waals surface area contributed by atoms with Gasteiger partial charge in [0.25, 0.3) is 5.91 Å². The van der Waals surface area contributed by atoms with Gasteiger partial charge in [-0.1, -0.05) is 43.7 Å². The normalized spacial score (nSPS) is 11.4. The summed E-state index contributed by atoms with van der Waals surface area (Å²) in [7, 11) is 0. The largest absolute Gasteiger partial charge is 0.418 e. The summed E-state index contributed by atoms with van der Waals surface area (Å²) in [5.41, 5.74) is 0.551. The van der Waals surface area contributed by atoms with E-state index in [9.17, 15) is 18.0 Å². The van der Waals surface area contributed by atoms with Crippen LogP contribution in [0.1, 0.15) is 35.0 Å². The van der Waals surface area contributed by atoms with Gasteiger partial charge in [0.15, 0.2) is 0 Å². The maximum atomic E-state index is 13.2. The molecule has 0 aliphatic carbocycles. The molecule has 0 fully saturated rings. The monoisotopic (exact) mass is 373 g/mol. The molecule has 3 aromatic rings. The van der Waals surface area contributed by atoms with Crippen LogP contribution < -0.4 is 5.32 Å². The summed E-state index contributed by atoms with van der Waals surface area (Å²) in [5.74, 6) is -0.614. The van der Waals surface area contributed by atoms with E-state index < -0.39 is 17.6 Å². The summed E-state index contributed by atoms with van der Waals surface area (Å²) in [6.45, 7) is 1.96. The molecule has 1 amide bonds. The molecule has 1 N–H and O–H groups in total. The Morgan fingerprint density at radius 1 is 1.07 bits per heavy atom. The second kappa shape index (κ2) is 7.65. The van der Waals surface area contributed by atoms with Crippen molar-refractivity contribution < 1.29 is 18.0 Å². The van der Waals surface area contributed by atoms with Gasteiger partial charge < -0.3 is 5.32 Å². The minimum absolute atomic E-state index is 0.262. The third kappa shape index (κ3) is 4.02. The molecule has 0 saturated carbocycles. The molecule has 1 aromatic heterocycles. The topological polar surface area (TPSA) is 46.9 Å². The number of anilines is 1. The van der Waals surface area contributed by atoms with E-state index in [1.807, 2.05) is 37.3 Å². The van der Waals surface area contributed by atoms with Crippen molar-refractivity contribution in [1.82, 2.24) is 9.78 Å². The summed E-state index contributed by atoms with van der Waals surface area (Å²) >= 11 is 0. The molecule has 140 valence electrons. The molecule has 0 spiro atoms. The molecule has 4 nitrogen and oxygen atoms in total. The highest BCUT2D eigenvalue weighted by Crippen LogP contribution is 2.34. The van der Waals surface area contributed by atoms with Gasteiger partial charge in [0.05, 0.1) is 34.4 Å². The van der Waals surface area contributed by atoms with E-state index in [0.717, 1.165) is 18.2 Å². The maximum absolute atomic E-state index is 13.2. The molecule has 0 atom stereocenters. The van der Waals surface area contributed by atoms with Crippen molar-refractivity contribution in [1.29, 1.82) is 0 Å². The SMILES string of the molecule is CCCc1c(C(=O)Nc2ccccc2C(F)(F)F)cnn1-c1ccccc1. The van der Waals surface area contributed by atoms with Gasteiger partial charge in [-0.15, -0.1) is 0 Å². The van der Waals surface area contributed by atoms with Crippen molar-refractivity contribution in [3.05, 3.63) is 77.6 Å². The Morgan fingerprint density at radius 2 is 1.74 bits per heavy atom. The third-order valence-electron chi connectivity index (χ3n) is 4.08. The van der Waals surface area contributed by atoms with E-state index in [0.29, 0.717) is 12.1 Å². The highest BCUT2D eigenvalue weighted by Gasteiger charge is 2.33. The van der Waals surface area contributed by atoms with E-state index in [4.69, 9.17) is 0 Å². The van der Waals surface area contributed by atoms with Crippen LogP contribution in [0, 0.1) is 0 Å². The van der Waals surface area contributed by atoms with Gasteiger partial charge in [-0.25, -0.2) is 4.68 Å². The van der Waals surface area contributed by atoms with Crippen molar-refractivity contribution in [3.63, 3.8) is 0 Å². The number of para-hydroxylation sites is 2. The number of alkyl halides is 3. The average molecular weight is 373 g/mol. The van der Waals surface area contributed by atoms with Crippen molar-refractivity contribution in [2.75, 3.05) is 5.32 Å². The van der Waals surface area contributed by atoms with Crippen LogP contribution in [0.2, 0.25) is 0 Å². The molecule has 0 aliphatic heterocycles. The molecule has 2 aromatic carbocycles. The molecule has 0 bridgehead atoms. The number of carbonyl (C=O) groups is 1. The number of hydrogen-bond donors (Lipinski definition) is 1. The van der Waals surface area contributed by atoms with Crippen LogP contribution in [0.15, 0.2) is 60.8 Å². The third-order valence-corrected chi connectivity index (χ3v) is 4.08. The Hall–Kier alpha value is -3.09. The first-order valence-electron chi connectivity index (χ1n) is 8.51. The van der Waals surface area contributed by atoms with Crippen LogP contribution in [0.4, 0.5) is 18.9 Å². The maximum Gasteiger partial charge on any atom is 0.418 e. The fourth-order valence-electron chi connectivity index (χ4n) is 2.86. The molecule has 0 unspecified atom stereocenters. The molecule has 7 heteroatoms. The van der Waals surface area contributed by atoms with Gasteiger partial charge in [0, 0.05) is 0 Å². The van der Waals surface area contributed by atoms with Gasteiger partial charge in [-0.2, -0.15) is 18.3 Å². The van der Waals surface area contributed by atoms with Crippen LogP contribution in [0.5, 0.6) is 0 Å². The Kier molecular flexibility index (Phi) is 5.30. The Balaban J connectivity index is 1.96. The molecule has 1 heterocycles. The van der Waals surface area contributed by atoms with Gasteiger partial charge in [-0.3, -0.25) is 4.79 Å². The second-order valence-corrected chi connectivity index (χ2v) is 6.00. The molecule has 3 rings (SSSR count). The van der Waals surface area contributed by atoms with Gasteiger partial charge in [0.1, 0.15) is 0 Å². The van der Waals surface area contributed by atoms with Gasteiger partial charge >= 0.3 is 6.18 Å². The van der Waals surface area contributed by atoms with Crippen molar-refractivity contribution in [3.8, 4) is 5.69 Å². The zero-order valence-corrected chi connectivity index (χ0v) is 14.6. The second-order valence-electron chi connectivity index (χ2n) is 6.00. The lowest BCUT2D eigenvalue weighted by Crippen LogP contribution is -2.18. The van der Waals surface area contributed by atoms with Crippen LogP contribution >= 0.6 is 0 Å². The molecular formula is C20H18F3N3O. The summed E-state index contributed by atoms with van der Waals surface area (Å²) < 4.78 is 41.1. The van der Waals surface area contributed by atoms with Crippen LogP contribution in [0.25, 0.3) is 5.69 Å². The number of benzene rings is 2. The zero-order chi connectivity index (χ0) is 19.4. The predicted molar refractivity (Wildman–Crippen MR) is 97.0 cm³/mol.